The zero-order valence-corrected chi connectivity index (χ0v) is 16.0. The summed E-state index contributed by atoms with van der Waals surface area (Å²) < 4.78 is 32.1. The lowest BCUT2D eigenvalue weighted by molar-refractivity contribution is 0.102. The van der Waals surface area contributed by atoms with Gasteiger partial charge in [0.1, 0.15) is 0 Å². The van der Waals surface area contributed by atoms with Crippen molar-refractivity contribution in [1.29, 1.82) is 0 Å². The lowest BCUT2D eigenvalue weighted by atomic mass is 10.1. The van der Waals surface area contributed by atoms with Gasteiger partial charge in [-0.2, -0.15) is 0 Å². The van der Waals surface area contributed by atoms with Gasteiger partial charge in [0.25, 0.3) is 5.91 Å². The van der Waals surface area contributed by atoms with Gasteiger partial charge in [0, 0.05) is 31.5 Å². The van der Waals surface area contributed by atoms with E-state index in [0.717, 1.165) is 11.1 Å². The average Bonchev–Trinajstić information content (AvgIpc) is 2.62. The van der Waals surface area contributed by atoms with E-state index in [4.69, 9.17) is 4.74 Å². The number of hydrogen-bond acceptors (Lipinski definition) is 4. The molecule has 2 aromatic carbocycles. The quantitative estimate of drug-likeness (QED) is 0.694. The van der Waals surface area contributed by atoms with Crippen LogP contribution in [-0.2, 0) is 14.8 Å². The predicted octanol–water partition coefficient (Wildman–Crippen LogP) is 2.87. The fourth-order valence-corrected chi connectivity index (χ4v) is 3.50. The summed E-state index contributed by atoms with van der Waals surface area (Å²) in [4.78, 5) is 12.6. The number of methoxy groups -OCH3 is 1. The number of benzene rings is 2. The number of amides is 1. The summed E-state index contributed by atoms with van der Waals surface area (Å²) in [7, 11) is -2.11. The number of carbonyl (C=O) groups is 1. The summed E-state index contributed by atoms with van der Waals surface area (Å²) in [6, 6.07) is 11.8. The lowest BCUT2D eigenvalue weighted by Crippen LogP contribution is -2.26. The van der Waals surface area contributed by atoms with E-state index in [0.29, 0.717) is 18.7 Å². The molecule has 0 saturated heterocycles. The van der Waals surface area contributed by atoms with E-state index in [1.165, 1.54) is 12.1 Å². The Balaban J connectivity index is 2.15. The van der Waals surface area contributed by atoms with Crippen LogP contribution in [0.25, 0.3) is 0 Å². The number of sulfonamides is 1. The molecule has 1 amide bonds. The first-order valence-corrected chi connectivity index (χ1v) is 9.79. The van der Waals surface area contributed by atoms with Crippen molar-refractivity contribution in [2.45, 2.75) is 25.2 Å². The molecule has 2 aromatic rings. The Labute approximate surface area is 154 Å². The summed E-state index contributed by atoms with van der Waals surface area (Å²) in [6.45, 7) is 4.59. The molecule has 6 nitrogen and oxygen atoms in total. The highest BCUT2D eigenvalue weighted by Gasteiger charge is 2.16. The maximum atomic E-state index is 12.5. The molecular formula is C19H24N2O4S. The first-order chi connectivity index (χ1) is 12.3. The van der Waals surface area contributed by atoms with Crippen LogP contribution in [0.3, 0.4) is 0 Å². The molecule has 7 heteroatoms. The van der Waals surface area contributed by atoms with Crippen molar-refractivity contribution >= 4 is 21.6 Å². The predicted molar refractivity (Wildman–Crippen MR) is 102 cm³/mol. The molecule has 0 radical (unpaired) electrons. The molecule has 0 spiro atoms. The van der Waals surface area contributed by atoms with Crippen LogP contribution in [-0.4, -0.2) is 34.6 Å². The second-order valence-corrected chi connectivity index (χ2v) is 7.81. The number of nitrogens with one attached hydrogen (secondary N) is 2. The van der Waals surface area contributed by atoms with Gasteiger partial charge in [-0.15, -0.1) is 0 Å². The van der Waals surface area contributed by atoms with E-state index >= 15 is 0 Å². The molecule has 26 heavy (non-hydrogen) atoms. The fourth-order valence-electron chi connectivity index (χ4n) is 2.38. The van der Waals surface area contributed by atoms with Crippen LogP contribution in [0.4, 0.5) is 5.69 Å². The summed E-state index contributed by atoms with van der Waals surface area (Å²) in [5.41, 5.74) is 2.96. The summed E-state index contributed by atoms with van der Waals surface area (Å²) in [5, 5.41) is 2.84. The third-order valence-corrected chi connectivity index (χ3v) is 5.32. The number of anilines is 1. The third kappa shape index (κ3) is 5.39. The fraction of sp³-hybridized carbons (Fsp3) is 0.316. The van der Waals surface area contributed by atoms with Crippen molar-refractivity contribution in [2.24, 2.45) is 0 Å². The van der Waals surface area contributed by atoms with Crippen molar-refractivity contribution in [3.63, 3.8) is 0 Å². The summed E-state index contributed by atoms with van der Waals surface area (Å²) in [6.07, 6.45) is 0.572. The molecule has 0 aliphatic rings. The van der Waals surface area contributed by atoms with Gasteiger partial charge in [0.15, 0.2) is 0 Å². The molecular weight excluding hydrogens is 352 g/mol. The maximum Gasteiger partial charge on any atom is 0.255 e. The molecule has 0 saturated carbocycles. The third-order valence-electron chi connectivity index (χ3n) is 3.87. The summed E-state index contributed by atoms with van der Waals surface area (Å²) in [5.74, 6) is -0.352. The molecule has 0 aliphatic carbocycles. The van der Waals surface area contributed by atoms with E-state index in [2.05, 4.69) is 10.0 Å². The Bertz CT molecular complexity index is 879. The maximum absolute atomic E-state index is 12.5. The molecule has 2 rings (SSSR count). The second-order valence-electron chi connectivity index (χ2n) is 6.04. The van der Waals surface area contributed by atoms with E-state index in [-0.39, 0.29) is 22.9 Å². The Kier molecular flexibility index (Phi) is 6.90. The number of ether oxygens (including phenoxy) is 1. The topological polar surface area (TPSA) is 84.5 Å². The normalized spacial score (nSPS) is 11.3. The largest absolute Gasteiger partial charge is 0.385 e. The first-order valence-electron chi connectivity index (χ1n) is 8.31. The standard InChI is InChI=1S/C19H24N2O4S/c1-14-8-9-15(2)18(12-14)21-19(22)16-6-4-7-17(13-16)26(23,24)20-10-5-11-25-3/h4,6-9,12-13,20H,5,10-11H2,1-3H3,(H,21,22). The Hall–Kier alpha value is -2.22. The van der Waals surface area contributed by atoms with Crippen molar-refractivity contribution in [3.8, 4) is 0 Å². The van der Waals surface area contributed by atoms with Gasteiger partial charge >= 0.3 is 0 Å². The smallest absolute Gasteiger partial charge is 0.255 e. The molecule has 0 bridgehead atoms. The molecule has 0 aromatic heterocycles. The van der Waals surface area contributed by atoms with Crippen LogP contribution in [0.2, 0.25) is 0 Å². The van der Waals surface area contributed by atoms with Gasteiger partial charge in [-0.05, 0) is 55.7 Å². The minimum Gasteiger partial charge on any atom is -0.385 e. The summed E-state index contributed by atoms with van der Waals surface area (Å²) >= 11 is 0. The molecule has 2 N–H and O–H groups in total. The van der Waals surface area contributed by atoms with Gasteiger partial charge in [0.05, 0.1) is 4.90 Å². The van der Waals surface area contributed by atoms with Crippen LogP contribution >= 0.6 is 0 Å². The van der Waals surface area contributed by atoms with Crippen molar-refractivity contribution in [2.75, 3.05) is 25.6 Å². The van der Waals surface area contributed by atoms with Crippen LogP contribution in [0.5, 0.6) is 0 Å². The monoisotopic (exact) mass is 376 g/mol. The first kappa shape index (κ1) is 20.1. The molecule has 0 unspecified atom stereocenters. The molecule has 140 valence electrons. The molecule has 0 atom stereocenters. The van der Waals surface area contributed by atoms with Gasteiger partial charge in [-0.25, -0.2) is 13.1 Å². The molecule has 0 aliphatic heterocycles. The van der Waals surface area contributed by atoms with E-state index in [1.807, 2.05) is 32.0 Å². The van der Waals surface area contributed by atoms with Gasteiger partial charge in [-0.1, -0.05) is 18.2 Å². The number of carbonyl (C=O) groups excluding carboxylic acids is 1. The van der Waals surface area contributed by atoms with Gasteiger partial charge in [-0.3, -0.25) is 4.79 Å². The minimum absolute atomic E-state index is 0.0588. The molecule has 0 heterocycles. The number of aryl methyl sites for hydroxylation is 2. The minimum atomic E-state index is -3.67. The van der Waals surface area contributed by atoms with Crippen LogP contribution in [0, 0.1) is 13.8 Å². The average molecular weight is 376 g/mol. The van der Waals surface area contributed by atoms with Gasteiger partial charge in [0.2, 0.25) is 10.0 Å². The lowest BCUT2D eigenvalue weighted by Gasteiger charge is -2.11. The Morgan fingerprint density at radius 1 is 1.12 bits per heavy atom. The molecule has 0 fully saturated rings. The number of hydrogen-bond donors (Lipinski definition) is 2. The van der Waals surface area contributed by atoms with Crippen molar-refractivity contribution in [1.82, 2.24) is 4.72 Å². The van der Waals surface area contributed by atoms with Gasteiger partial charge < -0.3 is 10.1 Å². The zero-order valence-electron chi connectivity index (χ0n) is 15.2. The van der Waals surface area contributed by atoms with Crippen molar-refractivity contribution in [3.05, 3.63) is 59.2 Å². The highest BCUT2D eigenvalue weighted by molar-refractivity contribution is 7.89. The van der Waals surface area contributed by atoms with Crippen LogP contribution < -0.4 is 10.0 Å². The Morgan fingerprint density at radius 3 is 2.62 bits per heavy atom. The highest BCUT2D eigenvalue weighted by Crippen LogP contribution is 2.18. The number of rotatable bonds is 8. The van der Waals surface area contributed by atoms with Crippen molar-refractivity contribution < 1.29 is 17.9 Å². The zero-order chi connectivity index (χ0) is 19.2. The Morgan fingerprint density at radius 2 is 1.88 bits per heavy atom. The van der Waals surface area contributed by atoms with Crippen LogP contribution in [0.15, 0.2) is 47.4 Å². The second kappa shape index (κ2) is 8.93. The van der Waals surface area contributed by atoms with E-state index in [9.17, 15) is 13.2 Å². The SMILES string of the molecule is COCCCNS(=O)(=O)c1cccc(C(=O)Nc2cc(C)ccc2C)c1. The van der Waals surface area contributed by atoms with Crippen LogP contribution in [0.1, 0.15) is 27.9 Å². The highest BCUT2D eigenvalue weighted by atomic mass is 32.2. The van der Waals surface area contributed by atoms with E-state index in [1.54, 1.807) is 19.2 Å². The van der Waals surface area contributed by atoms with E-state index < -0.39 is 10.0 Å².